The molecule has 29 heavy (non-hydrogen) atoms. The average Bonchev–Trinajstić information content (AvgIpc) is 3.30. The third-order valence-corrected chi connectivity index (χ3v) is 6.13. The number of hydrogen-bond acceptors (Lipinski definition) is 4. The second-order valence-electron chi connectivity index (χ2n) is 7.17. The molecule has 0 radical (unpaired) electrons. The first-order valence-electron chi connectivity index (χ1n) is 9.85. The van der Waals surface area contributed by atoms with E-state index in [0.717, 1.165) is 34.8 Å². The third-order valence-electron chi connectivity index (χ3n) is 5.23. The molecule has 1 aliphatic rings. The fourth-order valence-corrected chi connectivity index (χ4v) is 4.36. The highest BCUT2D eigenvalue weighted by atomic mass is 32.1. The van der Waals surface area contributed by atoms with Gasteiger partial charge in [-0.2, -0.15) is 0 Å². The number of aliphatic hydroxyl groups excluding tert-OH is 1. The van der Waals surface area contributed by atoms with Crippen molar-refractivity contribution in [2.75, 3.05) is 38.0 Å². The molecular weight excluding hydrogens is 382 g/mol. The molecule has 0 spiro atoms. The van der Waals surface area contributed by atoms with Crippen molar-refractivity contribution in [3.63, 3.8) is 0 Å². The van der Waals surface area contributed by atoms with Gasteiger partial charge in [-0.1, -0.05) is 54.6 Å². The quantitative estimate of drug-likeness (QED) is 0.663. The Morgan fingerprint density at radius 2 is 1.69 bits per heavy atom. The lowest BCUT2D eigenvalue weighted by molar-refractivity contribution is 0.0831. The lowest BCUT2D eigenvalue weighted by Gasteiger charge is -2.35. The molecule has 0 aliphatic carbocycles. The van der Waals surface area contributed by atoms with Crippen molar-refractivity contribution in [1.82, 2.24) is 9.80 Å². The minimum Gasteiger partial charge on any atom is -0.387 e. The van der Waals surface area contributed by atoms with E-state index in [0.29, 0.717) is 19.6 Å². The number of anilines is 1. The number of hydrogen-bond donors (Lipinski definition) is 2. The molecule has 6 heteroatoms. The number of carbonyl (C=O) groups is 1. The first-order chi connectivity index (χ1) is 14.2. The van der Waals surface area contributed by atoms with E-state index in [2.05, 4.69) is 16.3 Å². The Balaban J connectivity index is 1.32. The Morgan fingerprint density at radius 1 is 0.966 bits per heavy atom. The Hall–Kier alpha value is -2.67. The molecule has 2 heterocycles. The van der Waals surface area contributed by atoms with Crippen LogP contribution in [0.3, 0.4) is 0 Å². The molecular formula is C23H25N3O2S. The summed E-state index contributed by atoms with van der Waals surface area (Å²) in [4.78, 5) is 18.0. The molecule has 0 saturated carbocycles. The largest absolute Gasteiger partial charge is 0.387 e. The summed E-state index contributed by atoms with van der Waals surface area (Å²) >= 11 is 1.66. The minimum absolute atomic E-state index is 0.0720. The van der Waals surface area contributed by atoms with Crippen LogP contribution in [0, 0.1) is 0 Å². The number of nitrogens with one attached hydrogen (secondary N) is 1. The molecule has 1 aliphatic heterocycles. The summed E-state index contributed by atoms with van der Waals surface area (Å²) in [6, 6.07) is 21.6. The highest BCUT2D eigenvalue weighted by Crippen LogP contribution is 2.31. The van der Waals surface area contributed by atoms with E-state index in [1.807, 2.05) is 70.9 Å². The first-order valence-corrected chi connectivity index (χ1v) is 10.7. The van der Waals surface area contributed by atoms with Crippen LogP contribution in [0.25, 0.3) is 10.4 Å². The second kappa shape index (κ2) is 9.22. The van der Waals surface area contributed by atoms with Crippen LogP contribution in [0.4, 0.5) is 10.5 Å². The summed E-state index contributed by atoms with van der Waals surface area (Å²) in [6.45, 7) is 3.39. The highest BCUT2D eigenvalue weighted by molar-refractivity contribution is 7.13. The fraction of sp³-hybridized carbons (Fsp3) is 0.261. The first kappa shape index (κ1) is 19.6. The van der Waals surface area contributed by atoms with Crippen molar-refractivity contribution < 1.29 is 9.90 Å². The lowest BCUT2D eigenvalue weighted by Crippen LogP contribution is -2.50. The summed E-state index contributed by atoms with van der Waals surface area (Å²) < 4.78 is 0. The van der Waals surface area contributed by atoms with Crippen LogP contribution in [0.2, 0.25) is 0 Å². The van der Waals surface area contributed by atoms with Gasteiger partial charge in [0.1, 0.15) is 0 Å². The molecule has 2 aromatic carbocycles. The van der Waals surface area contributed by atoms with E-state index in [-0.39, 0.29) is 6.03 Å². The number of carbonyl (C=O) groups excluding carboxylic acids is 1. The maximum atomic E-state index is 12.8. The molecule has 0 bridgehead atoms. The predicted octanol–water partition coefficient (Wildman–Crippen LogP) is 4.30. The standard InChI is InChI=1S/C23H25N3O2S/c27-21(18-7-2-1-3-8-18)17-25-12-14-26(15-13-25)23(28)24-20-10-5-4-9-19(20)22-11-6-16-29-22/h1-11,16,21,27H,12-15,17H2,(H,24,28). The zero-order valence-electron chi connectivity index (χ0n) is 16.2. The van der Waals surface area contributed by atoms with Gasteiger partial charge in [-0.15, -0.1) is 11.3 Å². The predicted molar refractivity (Wildman–Crippen MR) is 118 cm³/mol. The van der Waals surface area contributed by atoms with Gasteiger partial charge in [-0.05, 0) is 23.1 Å². The van der Waals surface area contributed by atoms with Gasteiger partial charge in [-0.3, -0.25) is 4.90 Å². The van der Waals surface area contributed by atoms with Crippen LogP contribution in [-0.4, -0.2) is 53.7 Å². The monoisotopic (exact) mass is 407 g/mol. The second-order valence-corrected chi connectivity index (χ2v) is 8.11. The summed E-state index contributed by atoms with van der Waals surface area (Å²) in [6.07, 6.45) is -0.505. The maximum Gasteiger partial charge on any atom is 0.321 e. The van der Waals surface area contributed by atoms with Crippen LogP contribution >= 0.6 is 11.3 Å². The van der Waals surface area contributed by atoms with Crippen LogP contribution in [-0.2, 0) is 0 Å². The van der Waals surface area contributed by atoms with Gasteiger partial charge in [0.2, 0.25) is 0 Å². The number of aliphatic hydroxyl groups is 1. The van der Waals surface area contributed by atoms with Crippen LogP contribution in [0.5, 0.6) is 0 Å². The van der Waals surface area contributed by atoms with E-state index < -0.39 is 6.10 Å². The van der Waals surface area contributed by atoms with E-state index in [1.54, 1.807) is 11.3 Å². The van der Waals surface area contributed by atoms with Gasteiger partial charge in [0.25, 0.3) is 0 Å². The van der Waals surface area contributed by atoms with Crippen molar-refractivity contribution in [3.05, 3.63) is 77.7 Å². The molecule has 1 fully saturated rings. The van der Waals surface area contributed by atoms with E-state index in [4.69, 9.17) is 0 Å². The normalized spacial score (nSPS) is 15.8. The van der Waals surface area contributed by atoms with Crippen molar-refractivity contribution in [3.8, 4) is 10.4 Å². The topological polar surface area (TPSA) is 55.8 Å². The van der Waals surface area contributed by atoms with Crippen molar-refractivity contribution in [2.45, 2.75) is 6.10 Å². The van der Waals surface area contributed by atoms with Crippen molar-refractivity contribution in [1.29, 1.82) is 0 Å². The SMILES string of the molecule is O=C(Nc1ccccc1-c1cccs1)N1CCN(CC(O)c2ccccc2)CC1. The molecule has 1 saturated heterocycles. The van der Waals surface area contributed by atoms with E-state index in [1.165, 1.54) is 0 Å². The number of para-hydroxylation sites is 1. The third kappa shape index (κ3) is 4.85. The Kier molecular flexibility index (Phi) is 6.24. The fourth-order valence-electron chi connectivity index (χ4n) is 3.59. The molecule has 4 rings (SSSR count). The van der Waals surface area contributed by atoms with E-state index in [9.17, 15) is 9.90 Å². The lowest BCUT2D eigenvalue weighted by atomic mass is 10.1. The highest BCUT2D eigenvalue weighted by Gasteiger charge is 2.23. The number of thiophene rings is 1. The summed E-state index contributed by atoms with van der Waals surface area (Å²) in [5, 5.41) is 15.5. The molecule has 1 aromatic heterocycles. The smallest absolute Gasteiger partial charge is 0.321 e. The van der Waals surface area contributed by atoms with Gasteiger partial charge in [0.05, 0.1) is 11.8 Å². The number of β-amino-alcohol motifs (C(OH)–C–C–N with tert-alkyl or cyclic N) is 1. The number of benzene rings is 2. The van der Waals surface area contributed by atoms with Crippen molar-refractivity contribution in [2.24, 2.45) is 0 Å². The average molecular weight is 408 g/mol. The zero-order valence-corrected chi connectivity index (χ0v) is 17.0. The molecule has 150 valence electrons. The Morgan fingerprint density at radius 3 is 2.41 bits per heavy atom. The van der Waals surface area contributed by atoms with Gasteiger partial charge < -0.3 is 15.3 Å². The summed E-state index contributed by atoms with van der Waals surface area (Å²) in [7, 11) is 0. The summed E-state index contributed by atoms with van der Waals surface area (Å²) in [5.74, 6) is 0. The van der Waals surface area contributed by atoms with Gasteiger partial charge in [0.15, 0.2) is 0 Å². The molecule has 2 amide bonds. The van der Waals surface area contributed by atoms with Crippen LogP contribution < -0.4 is 5.32 Å². The molecule has 3 aromatic rings. The summed E-state index contributed by atoms with van der Waals surface area (Å²) in [5.41, 5.74) is 2.81. The van der Waals surface area contributed by atoms with E-state index >= 15 is 0 Å². The molecule has 2 N–H and O–H groups in total. The Bertz CT molecular complexity index is 922. The van der Waals surface area contributed by atoms with Crippen molar-refractivity contribution >= 4 is 23.1 Å². The number of piperazine rings is 1. The minimum atomic E-state index is -0.505. The molecule has 1 atom stereocenters. The molecule has 5 nitrogen and oxygen atoms in total. The van der Waals surface area contributed by atoms with Gasteiger partial charge in [-0.25, -0.2) is 4.79 Å². The van der Waals surface area contributed by atoms with Crippen LogP contribution in [0.15, 0.2) is 72.1 Å². The van der Waals surface area contributed by atoms with Gasteiger partial charge >= 0.3 is 6.03 Å². The number of rotatable bonds is 5. The molecule has 1 unspecified atom stereocenters. The van der Waals surface area contributed by atoms with Crippen LogP contribution in [0.1, 0.15) is 11.7 Å². The van der Waals surface area contributed by atoms with Gasteiger partial charge in [0, 0.05) is 43.2 Å². The number of nitrogens with zero attached hydrogens (tertiary/aromatic N) is 2. The number of amides is 2. The number of urea groups is 1. The maximum absolute atomic E-state index is 12.8. The zero-order chi connectivity index (χ0) is 20.1. The Labute approximate surface area is 175 Å².